The molecule has 0 bridgehead atoms. The maximum absolute atomic E-state index is 12.9. The van der Waals surface area contributed by atoms with Crippen molar-refractivity contribution in [2.24, 2.45) is 5.92 Å². The van der Waals surface area contributed by atoms with Crippen molar-refractivity contribution in [2.75, 3.05) is 39.2 Å². The molecule has 2 aromatic rings. The Morgan fingerprint density at radius 2 is 2.10 bits per heavy atom. The summed E-state index contributed by atoms with van der Waals surface area (Å²) in [6.45, 7) is 4.17. The minimum atomic E-state index is -0.144. The van der Waals surface area contributed by atoms with Crippen molar-refractivity contribution in [2.45, 2.75) is 25.8 Å². The number of amides is 1. The van der Waals surface area contributed by atoms with Gasteiger partial charge in [-0.2, -0.15) is 0 Å². The predicted octanol–water partition coefficient (Wildman–Crippen LogP) is 3.65. The van der Waals surface area contributed by atoms with Gasteiger partial charge in [0.25, 0.3) is 5.91 Å². The van der Waals surface area contributed by atoms with E-state index in [2.05, 4.69) is 20.6 Å². The zero-order chi connectivity index (χ0) is 20.8. The third-order valence-electron chi connectivity index (χ3n) is 5.21. The maximum atomic E-state index is 12.9. The van der Waals surface area contributed by atoms with E-state index in [1.807, 2.05) is 38.1 Å². The smallest absolute Gasteiger partial charge is 0.254 e. The van der Waals surface area contributed by atoms with Gasteiger partial charge in [-0.05, 0) is 58.0 Å². The highest BCUT2D eigenvalue weighted by Gasteiger charge is 2.22. The molecule has 1 fully saturated rings. The number of carbonyl (C=O) groups is 1. The van der Waals surface area contributed by atoms with Gasteiger partial charge in [-0.1, -0.05) is 17.7 Å². The zero-order valence-electron chi connectivity index (χ0n) is 17.1. The SMILES string of the molecule is CC(c1nc(Nc2cccc(Cl)c2)ncc1C(=O)NCC1CCOCC1)N(C)C. The summed E-state index contributed by atoms with van der Waals surface area (Å²) in [6.07, 6.45) is 3.54. The summed E-state index contributed by atoms with van der Waals surface area (Å²) in [5, 5.41) is 6.83. The maximum Gasteiger partial charge on any atom is 0.254 e. The van der Waals surface area contributed by atoms with Crippen LogP contribution in [0.2, 0.25) is 5.02 Å². The van der Waals surface area contributed by atoms with Crippen LogP contribution >= 0.6 is 11.6 Å². The van der Waals surface area contributed by atoms with Crippen LogP contribution in [0.1, 0.15) is 41.9 Å². The number of carbonyl (C=O) groups excluding carboxylic acids is 1. The van der Waals surface area contributed by atoms with Crippen LogP contribution in [0.25, 0.3) is 0 Å². The van der Waals surface area contributed by atoms with Crippen molar-refractivity contribution in [3.8, 4) is 0 Å². The molecule has 1 amide bonds. The van der Waals surface area contributed by atoms with Crippen LogP contribution in [0.3, 0.4) is 0 Å². The summed E-state index contributed by atoms with van der Waals surface area (Å²) in [5.41, 5.74) is 1.96. The van der Waals surface area contributed by atoms with Crippen LogP contribution in [0.5, 0.6) is 0 Å². The number of anilines is 2. The van der Waals surface area contributed by atoms with Gasteiger partial charge in [-0.25, -0.2) is 9.97 Å². The van der Waals surface area contributed by atoms with Crippen LogP contribution < -0.4 is 10.6 Å². The highest BCUT2D eigenvalue weighted by molar-refractivity contribution is 6.30. The lowest BCUT2D eigenvalue weighted by molar-refractivity contribution is 0.0642. The van der Waals surface area contributed by atoms with Crippen molar-refractivity contribution in [1.29, 1.82) is 0 Å². The van der Waals surface area contributed by atoms with Crippen LogP contribution in [0, 0.1) is 5.92 Å². The van der Waals surface area contributed by atoms with Crippen molar-refractivity contribution >= 4 is 29.1 Å². The molecule has 0 radical (unpaired) electrons. The Labute approximate surface area is 176 Å². The van der Waals surface area contributed by atoms with Gasteiger partial charge in [-0.3, -0.25) is 4.79 Å². The van der Waals surface area contributed by atoms with Crippen LogP contribution in [-0.4, -0.2) is 54.6 Å². The fourth-order valence-corrected chi connectivity index (χ4v) is 3.36. The summed E-state index contributed by atoms with van der Waals surface area (Å²) < 4.78 is 5.38. The number of nitrogens with zero attached hydrogens (tertiary/aromatic N) is 3. The molecular weight excluding hydrogens is 390 g/mol. The standard InChI is InChI=1S/C21H28ClN5O2/c1-14(27(2)3)19-18(20(28)23-12-15-7-9-29-10-8-15)13-24-21(26-19)25-17-6-4-5-16(22)11-17/h4-6,11,13-15H,7-10,12H2,1-3H3,(H,23,28)(H,24,25,26). The van der Waals surface area contributed by atoms with E-state index in [4.69, 9.17) is 16.3 Å². The second-order valence-electron chi connectivity index (χ2n) is 7.53. The fourth-order valence-electron chi connectivity index (χ4n) is 3.17. The summed E-state index contributed by atoms with van der Waals surface area (Å²) >= 11 is 6.05. The molecule has 0 saturated carbocycles. The molecule has 0 aliphatic carbocycles. The predicted molar refractivity (Wildman–Crippen MR) is 115 cm³/mol. The molecule has 29 heavy (non-hydrogen) atoms. The molecule has 2 N–H and O–H groups in total. The van der Waals surface area contributed by atoms with E-state index in [1.165, 1.54) is 0 Å². The van der Waals surface area contributed by atoms with Gasteiger partial charge in [0.2, 0.25) is 5.95 Å². The molecular formula is C21H28ClN5O2. The van der Waals surface area contributed by atoms with Gasteiger partial charge in [-0.15, -0.1) is 0 Å². The third kappa shape index (κ3) is 5.88. The number of hydrogen-bond acceptors (Lipinski definition) is 6. The lowest BCUT2D eigenvalue weighted by Crippen LogP contribution is -2.33. The summed E-state index contributed by atoms with van der Waals surface area (Å²) in [7, 11) is 3.92. The number of rotatable bonds is 7. The first kappa shape index (κ1) is 21.5. The Balaban J connectivity index is 1.78. The third-order valence-corrected chi connectivity index (χ3v) is 5.44. The molecule has 1 unspecified atom stereocenters. The first-order chi connectivity index (χ1) is 13.9. The van der Waals surface area contributed by atoms with Crippen LogP contribution in [0.15, 0.2) is 30.5 Å². The molecule has 8 heteroatoms. The van der Waals surface area contributed by atoms with Gasteiger partial charge >= 0.3 is 0 Å². The fraction of sp³-hybridized carbons (Fsp3) is 0.476. The molecule has 7 nitrogen and oxygen atoms in total. The number of hydrogen-bond donors (Lipinski definition) is 2. The van der Waals surface area contributed by atoms with Crippen molar-refractivity contribution in [3.63, 3.8) is 0 Å². The zero-order valence-corrected chi connectivity index (χ0v) is 17.9. The normalized spacial score (nSPS) is 15.9. The average Bonchev–Trinajstić information content (AvgIpc) is 2.72. The van der Waals surface area contributed by atoms with Crippen molar-refractivity contribution in [3.05, 3.63) is 46.7 Å². The first-order valence-corrected chi connectivity index (χ1v) is 10.2. The van der Waals surface area contributed by atoms with Gasteiger partial charge in [0.05, 0.1) is 11.3 Å². The van der Waals surface area contributed by atoms with Crippen molar-refractivity contribution in [1.82, 2.24) is 20.2 Å². The molecule has 1 atom stereocenters. The first-order valence-electron chi connectivity index (χ1n) is 9.86. The largest absolute Gasteiger partial charge is 0.381 e. The van der Waals surface area contributed by atoms with E-state index in [9.17, 15) is 4.79 Å². The second kappa shape index (κ2) is 10.0. The van der Waals surface area contributed by atoms with E-state index >= 15 is 0 Å². The lowest BCUT2D eigenvalue weighted by atomic mass is 10.00. The number of halogens is 1. The van der Waals surface area contributed by atoms with Crippen LogP contribution in [-0.2, 0) is 4.74 Å². The summed E-state index contributed by atoms with van der Waals surface area (Å²) in [4.78, 5) is 23.9. The Morgan fingerprint density at radius 3 is 2.79 bits per heavy atom. The second-order valence-corrected chi connectivity index (χ2v) is 7.97. The molecule has 156 valence electrons. The number of ether oxygens (including phenoxy) is 1. The highest BCUT2D eigenvalue weighted by atomic mass is 35.5. The number of nitrogens with one attached hydrogen (secondary N) is 2. The van der Waals surface area contributed by atoms with E-state index in [1.54, 1.807) is 18.3 Å². The Bertz CT molecular complexity index is 840. The van der Waals surface area contributed by atoms with Gasteiger partial charge in [0.1, 0.15) is 0 Å². The molecule has 3 rings (SSSR count). The lowest BCUT2D eigenvalue weighted by Gasteiger charge is -2.24. The molecule has 1 aliphatic rings. The van der Waals surface area contributed by atoms with E-state index in [-0.39, 0.29) is 11.9 Å². The summed E-state index contributed by atoms with van der Waals surface area (Å²) in [6, 6.07) is 7.29. The van der Waals surface area contributed by atoms with Gasteiger partial charge in [0, 0.05) is 42.7 Å². The Kier molecular flexibility index (Phi) is 7.41. The van der Waals surface area contributed by atoms with Crippen LogP contribution in [0.4, 0.5) is 11.6 Å². The topological polar surface area (TPSA) is 79.4 Å². The Hall–Kier alpha value is -2.22. The molecule has 2 heterocycles. The minimum absolute atomic E-state index is 0.0539. The minimum Gasteiger partial charge on any atom is -0.381 e. The molecule has 1 aromatic carbocycles. The average molecular weight is 418 g/mol. The number of benzene rings is 1. The number of aromatic nitrogens is 2. The van der Waals surface area contributed by atoms with E-state index < -0.39 is 0 Å². The van der Waals surface area contributed by atoms with Gasteiger partial charge < -0.3 is 20.3 Å². The Morgan fingerprint density at radius 1 is 1.34 bits per heavy atom. The van der Waals surface area contributed by atoms with Gasteiger partial charge in [0.15, 0.2) is 0 Å². The monoisotopic (exact) mass is 417 g/mol. The quantitative estimate of drug-likeness (QED) is 0.715. The molecule has 1 saturated heterocycles. The molecule has 1 aliphatic heterocycles. The molecule has 0 spiro atoms. The molecule has 1 aromatic heterocycles. The van der Waals surface area contributed by atoms with Crippen molar-refractivity contribution < 1.29 is 9.53 Å². The van der Waals surface area contributed by atoms with E-state index in [0.717, 1.165) is 31.7 Å². The highest BCUT2D eigenvalue weighted by Crippen LogP contribution is 2.23. The van der Waals surface area contributed by atoms with E-state index in [0.29, 0.717) is 34.7 Å². The summed E-state index contributed by atoms with van der Waals surface area (Å²) in [5.74, 6) is 0.735.